The van der Waals surface area contributed by atoms with Crippen molar-refractivity contribution in [3.63, 3.8) is 0 Å². The smallest absolute Gasteiger partial charge is 0.252 e. The monoisotopic (exact) mass is 866 g/mol. The average molecular weight is 866 g/mol. The third kappa shape index (κ3) is 7.09. The molecule has 2 aliphatic rings. The maximum atomic E-state index is 2.61. The van der Waals surface area contributed by atoms with E-state index < -0.39 is 0 Å². The SMILES string of the molecule is CC(C)(C)c1ccc(N2c3ccc(C(C)(C)C)cc3B3c4ccc5c(c4N(c4ccc(C(C)(C)C)cc4)c4cccc2c43)c2ccccc2n5-c2cc(C(C)(C)C)cc(C(C)(C)C)c2)cc1. The summed E-state index contributed by atoms with van der Waals surface area (Å²) in [6.07, 6.45) is 0. The Balaban J connectivity index is 1.33. The van der Waals surface area contributed by atoms with E-state index in [1.807, 2.05) is 0 Å². The van der Waals surface area contributed by atoms with Crippen molar-refractivity contribution >= 4 is 79.0 Å². The van der Waals surface area contributed by atoms with Crippen LogP contribution >= 0.6 is 0 Å². The van der Waals surface area contributed by atoms with E-state index in [2.05, 4.69) is 258 Å². The highest BCUT2D eigenvalue weighted by molar-refractivity contribution is 7.00. The Morgan fingerprint density at radius 3 is 1.39 bits per heavy atom. The van der Waals surface area contributed by atoms with Gasteiger partial charge in [-0.15, -0.1) is 0 Å². The lowest BCUT2D eigenvalue weighted by atomic mass is 9.33. The molecule has 2 aliphatic heterocycles. The number of rotatable bonds is 3. The van der Waals surface area contributed by atoms with Crippen molar-refractivity contribution in [1.29, 1.82) is 0 Å². The summed E-state index contributed by atoms with van der Waals surface area (Å²) in [5.74, 6) is 0. The number of para-hydroxylation sites is 1. The summed E-state index contributed by atoms with van der Waals surface area (Å²) in [6, 6.07) is 54.4. The van der Waals surface area contributed by atoms with E-state index in [-0.39, 0.29) is 33.8 Å². The van der Waals surface area contributed by atoms with Crippen LogP contribution in [0.15, 0.2) is 140 Å². The lowest BCUT2D eigenvalue weighted by Gasteiger charge is -2.44. The fourth-order valence-electron chi connectivity index (χ4n) is 10.6. The van der Waals surface area contributed by atoms with Crippen molar-refractivity contribution in [1.82, 2.24) is 4.57 Å². The Hall–Kier alpha value is -6.00. The van der Waals surface area contributed by atoms with Crippen molar-refractivity contribution in [2.24, 2.45) is 0 Å². The first-order valence-electron chi connectivity index (χ1n) is 24.2. The van der Waals surface area contributed by atoms with Gasteiger partial charge >= 0.3 is 0 Å². The van der Waals surface area contributed by atoms with Gasteiger partial charge in [-0.3, -0.25) is 0 Å². The quantitative estimate of drug-likeness (QED) is 0.164. The molecule has 0 radical (unpaired) electrons. The van der Waals surface area contributed by atoms with Crippen molar-refractivity contribution in [2.75, 3.05) is 9.80 Å². The molecule has 7 aromatic carbocycles. The third-order valence-electron chi connectivity index (χ3n) is 14.5. The van der Waals surface area contributed by atoms with Crippen LogP contribution < -0.4 is 26.2 Å². The molecule has 0 saturated heterocycles. The summed E-state index contributed by atoms with van der Waals surface area (Å²) in [5.41, 5.74) is 21.7. The highest BCUT2D eigenvalue weighted by Gasteiger charge is 2.45. The Bertz CT molecular complexity index is 3170. The molecular formula is C62H68BN3. The van der Waals surface area contributed by atoms with Crippen LogP contribution in [0.1, 0.15) is 132 Å². The minimum Gasteiger partial charge on any atom is -0.311 e. The molecule has 0 unspecified atom stereocenters. The van der Waals surface area contributed by atoms with Crippen LogP contribution in [-0.2, 0) is 27.1 Å². The lowest BCUT2D eigenvalue weighted by Crippen LogP contribution is -2.61. The van der Waals surface area contributed by atoms with E-state index >= 15 is 0 Å². The summed E-state index contributed by atoms with van der Waals surface area (Å²) in [6.45, 7) is 34.9. The maximum Gasteiger partial charge on any atom is 0.252 e. The van der Waals surface area contributed by atoms with Gasteiger partial charge in [-0.25, -0.2) is 0 Å². The highest BCUT2D eigenvalue weighted by Crippen LogP contribution is 2.49. The van der Waals surface area contributed by atoms with Crippen LogP contribution in [-0.4, -0.2) is 11.3 Å². The molecule has 0 saturated carbocycles. The molecule has 0 amide bonds. The standard InChI is InChI=1S/C62H68BN3/c1-58(2,3)39-23-28-44(29-24-39)64-51-33-27-41(60(7,8)9)38-49(51)63-48-32-34-52-55(57(48)66(54-22-18-21-53(64)56(54)63)45-30-25-40(26-31-45)59(4,5)6)47-19-16-17-20-50(47)65(52)46-36-42(61(10,11)12)35-43(37-46)62(13,14)15/h16-38H,1-15H3. The van der Waals surface area contributed by atoms with Gasteiger partial charge in [-0.05, 0) is 138 Å². The molecule has 10 rings (SSSR count). The predicted octanol–water partition coefficient (Wildman–Crippen LogP) is 15.4. The fourth-order valence-corrected chi connectivity index (χ4v) is 10.6. The Morgan fingerprint density at radius 1 is 0.348 bits per heavy atom. The van der Waals surface area contributed by atoms with E-state index in [9.17, 15) is 0 Å². The molecule has 66 heavy (non-hydrogen) atoms. The second kappa shape index (κ2) is 14.8. The van der Waals surface area contributed by atoms with Crippen molar-refractivity contribution in [2.45, 2.75) is 131 Å². The Kier molecular flexibility index (Phi) is 9.81. The van der Waals surface area contributed by atoms with Gasteiger partial charge in [-0.2, -0.15) is 0 Å². The molecule has 0 fully saturated rings. The van der Waals surface area contributed by atoms with E-state index in [1.165, 1.54) is 106 Å². The first kappa shape index (κ1) is 43.9. The number of benzene rings is 7. The van der Waals surface area contributed by atoms with Gasteiger partial charge in [0.15, 0.2) is 0 Å². The third-order valence-corrected chi connectivity index (χ3v) is 14.5. The van der Waals surface area contributed by atoms with Gasteiger partial charge in [0.2, 0.25) is 0 Å². The molecular weight excluding hydrogens is 798 g/mol. The molecule has 0 atom stereocenters. The maximum absolute atomic E-state index is 2.61. The molecule has 0 spiro atoms. The van der Waals surface area contributed by atoms with Gasteiger partial charge in [0.1, 0.15) is 0 Å². The summed E-state index contributed by atoms with van der Waals surface area (Å²) >= 11 is 0. The van der Waals surface area contributed by atoms with Crippen molar-refractivity contribution in [3.05, 3.63) is 167 Å². The second-order valence-corrected chi connectivity index (χ2v) is 24.4. The first-order chi connectivity index (χ1) is 30.9. The average Bonchev–Trinajstić information content (AvgIpc) is 3.59. The van der Waals surface area contributed by atoms with E-state index in [0.29, 0.717) is 0 Å². The number of hydrogen-bond acceptors (Lipinski definition) is 2. The molecule has 3 nitrogen and oxygen atoms in total. The Labute approximate surface area is 395 Å². The topological polar surface area (TPSA) is 11.4 Å². The van der Waals surface area contributed by atoms with Crippen LogP contribution in [0.2, 0.25) is 0 Å². The van der Waals surface area contributed by atoms with Gasteiger partial charge in [0, 0.05) is 44.9 Å². The molecule has 0 bridgehead atoms. The Morgan fingerprint density at radius 2 is 0.848 bits per heavy atom. The van der Waals surface area contributed by atoms with E-state index in [1.54, 1.807) is 0 Å². The highest BCUT2D eigenvalue weighted by atomic mass is 15.2. The van der Waals surface area contributed by atoms with Gasteiger partial charge < -0.3 is 14.4 Å². The molecule has 0 aliphatic carbocycles. The summed E-state index contributed by atoms with van der Waals surface area (Å²) < 4.78 is 2.55. The first-order valence-corrected chi connectivity index (χ1v) is 24.2. The second-order valence-electron chi connectivity index (χ2n) is 24.4. The fraction of sp³-hybridized carbons (Fsp3) is 0.323. The number of hydrogen-bond donors (Lipinski definition) is 0. The molecule has 3 heterocycles. The van der Waals surface area contributed by atoms with Gasteiger partial charge in [-0.1, -0.05) is 177 Å². The van der Waals surface area contributed by atoms with Crippen LogP contribution in [0, 0.1) is 0 Å². The van der Waals surface area contributed by atoms with Crippen LogP contribution in [0.3, 0.4) is 0 Å². The molecule has 334 valence electrons. The van der Waals surface area contributed by atoms with Crippen LogP contribution in [0.4, 0.5) is 34.1 Å². The van der Waals surface area contributed by atoms with E-state index in [0.717, 1.165) is 0 Å². The number of anilines is 6. The van der Waals surface area contributed by atoms with Crippen molar-refractivity contribution < 1.29 is 0 Å². The van der Waals surface area contributed by atoms with Crippen molar-refractivity contribution in [3.8, 4) is 5.69 Å². The van der Waals surface area contributed by atoms with Crippen LogP contribution in [0.5, 0.6) is 0 Å². The minimum absolute atomic E-state index is 0.00178. The summed E-state index contributed by atoms with van der Waals surface area (Å²) in [7, 11) is 0. The summed E-state index contributed by atoms with van der Waals surface area (Å²) in [5, 5.41) is 2.55. The zero-order valence-corrected chi connectivity index (χ0v) is 42.2. The minimum atomic E-state index is -0.0305. The number of fused-ring (bicyclic) bond motifs is 8. The number of nitrogens with zero attached hydrogens (tertiary/aromatic N) is 3. The van der Waals surface area contributed by atoms with Gasteiger partial charge in [0.25, 0.3) is 6.71 Å². The lowest BCUT2D eigenvalue weighted by molar-refractivity contribution is 0.568. The predicted molar refractivity (Wildman–Crippen MR) is 288 cm³/mol. The normalized spacial score (nSPS) is 14.2. The zero-order valence-electron chi connectivity index (χ0n) is 42.2. The number of aromatic nitrogens is 1. The molecule has 8 aromatic rings. The summed E-state index contributed by atoms with van der Waals surface area (Å²) in [4.78, 5) is 5.15. The largest absolute Gasteiger partial charge is 0.311 e. The van der Waals surface area contributed by atoms with Crippen LogP contribution in [0.25, 0.3) is 27.5 Å². The molecule has 0 N–H and O–H groups in total. The zero-order chi connectivity index (χ0) is 47.0. The molecule has 1 aromatic heterocycles. The molecule has 4 heteroatoms. The van der Waals surface area contributed by atoms with E-state index in [4.69, 9.17) is 0 Å². The van der Waals surface area contributed by atoms with Gasteiger partial charge in [0.05, 0.1) is 16.7 Å².